The van der Waals surface area contributed by atoms with E-state index < -0.39 is 0 Å². The number of carbonyl (C=O) groups excluding carboxylic acids is 1. The predicted octanol–water partition coefficient (Wildman–Crippen LogP) is 4.79. The monoisotopic (exact) mass is 317 g/mol. The first kappa shape index (κ1) is 15.8. The molecule has 0 fully saturated rings. The molecular weight excluding hydrogens is 298 g/mol. The molecular formula is C21H19NO2. The molecule has 0 radical (unpaired) electrons. The molecule has 3 rings (SSSR count). The van der Waals surface area contributed by atoms with Crippen molar-refractivity contribution in [2.45, 2.75) is 6.54 Å². The minimum absolute atomic E-state index is 0.349. The van der Waals surface area contributed by atoms with Crippen LogP contribution in [-0.2, 0) is 11.3 Å². The molecule has 0 aliphatic heterocycles. The van der Waals surface area contributed by atoms with Crippen molar-refractivity contribution in [1.82, 2.24) is 4.57 Å². The number of rotatable bonds is 5. The fourth-order valence-electron chi connectivity index (χ4n) is 2.87. The van der Waals surface area contributed by atoms with Crippen LogP contribution in [-0.4, -0.2) is 17.6 Å². The number of hydrogen-bond donors (Lipinski definition) is 0. The number of ether oxygens (including phenoxy) is 1. The van der Waals surface area contributed by atoms with Crippen LogP contribution in [0.4, 0.5) is 0 Å². The number of aromatic nitrogens is 1. The molecule has 0 spiro atoms. The lowest BCUT2D eigenvalue weighted by molar-refractivity contribution is 0.0590. The second-order valence-electron chi connectivity index (χ2n) is 5.41. The summed E-state index contributed by atoms with van der Waals surface area (Å²) in [5, 5.41) is 0. The van der Waals surface area contributed by atoms with Crippen LogP contribution in [0.5, 0.6) is 0 Å². The number of nitrogens with zero attached hydrogens (tertiary/aromatic N) is 1. The maximum Gasteiger partial charge on any atom is 0.355 e. The molecule has 3 nitrogen and oxygen atoms in total. The lowest BCUT2D eigenvalue weighted by Crippen LogP contribution is -2.12. The van der Waals surface area contributed by atoms with Gasteiger partial charge in [-0.15, -0.1) is 6.58 Å². The van der Waals surface area contributed by atoms with E-state index in [0.717, 1.165) is 22.4 Å². The van der Waals surface area contributed by atoms with Crippen molar-refractivity contribution in [3.05, 3.63) is 85.1 Å². The zero-order chi connectivity index (χ0) is 16.9. The first-order valence-electron chi connectivity index (χ1n) is 7.80. The molecule has 24 heavy (non-hydrogen) atoms. The van der Waals surface area contributed by atoms with Gasteiger partial charge in [0.1, 0.15) is 5.69 Å². The summed E-state index contributed by atoms with van der Waals surface area (Å²) in [4.78, 5) is 12.5. The normalized spacial score (nSPS) is 10.4. The van der Waals surface area contributed by atoms with Crippen LogP contribution >= 0.6 is 0 Å². The Morgan fingerprint density at radius 3 is 2.17 bits per heavy atom. The lowest BCUT2D eigenvalue weighted by Gasteiger charge is -2.11. The summed E-state index contributed by atoms with van der Waals surface area (Å²) < 4.78 is 7.00. The van der Waals surface area contributed by atoms with Gasteiger partial charge in [0.05, 0.1) is 7.11 Å². The van der Waals surface area contributed by atoms with Gasteiger partial charge in [0.25, 0.3) is 0 Å². The summed E-state index contributed by atoms with van der Waals surface area (Å²) in [6, 6.07) is 21.9. The van der Waals surface area contributed by atoms with Crippen LogP contribution in [0.15, 0.2) is 79.4 Å². The van der Waals surface area contributed by atoms with E-state index in [1.165, 1.54) is 7.11 Å². The molecule has 0 aliphatic carbocycles. The molecule has 2 aromatic carbocycles. The third kappa shape index (κ3) is 2.88. The Bertz CT molecular complexity index is 848. The topological polar surface area (TPSA) is 31.2 Å². The highest BCUT2D eigenvalue weighted by Crippen LogP contribution is 2.33. The summed E-state index contributed by atoms with van der Waals surface area (Å²) >= 11 is 0. The first-order valence-corrected chi connectivity index (χ1v) is 7.80. The van der Waals surface area contributed by atoms with E-state index in [4.69, 9.17) is 4.74 Å². The van der Waals surface area contributed by atoms with Crippen molar-refractivity contribution in [3.63, 3.8) is 0 Å². The summed E-state index contributed by atoms with van der Waals surface area (Å²) in [6.45, 7) is 4.36. The minimum atomic E-state index is -0.349. The van der Waals surface area contributed by atoms with Gasteiger partial charge in [-0.1, -0.05) is 66.7 Å². The maximum absolute atomic E-state index is 12.5. The van der Waals surface area contributed by atoms with E-state index in [1.807, 2.05) is 71.3 Å². The summed E-state index contributed by atoms with van der Waals surface area (Å²) in [7, 11) is 1.41. The van der Waals surface area contributed by atoms with Crippen LogP contribution in [0.1, 0.15) is 10.5 Å². The van der Waals surface area contributed by atoms with E-state index in [-0.39, 0.29) is 5.97 Å². The Kier molecular flexibility index (Phi) is 4.62. The summed E-state index contributed by atoms with van der Waals surface area (Å²) in [5.41, 5.74) is 4.41. The molecule has 3 heteroatoms. The van der Waals surface area contributed by atoms with Crippen molar-refractivity contribution >= 4 is 5.97 Å². The Morgan fingerprint density at radius 2 is 1.62 bits per heavy atom. The summed E-state index contributed by atoms with van der Waals surface area (Å²) in [5.74, 6) is -0.349. The van der Waals surface area contributed by atoms with E-state index in [1.54, 1.807) is 6.08 Å². The SMILES string of the molecule is C=CCn1c(-c2ccccc2)cc(-c2ccccc2)c1C(=O)OC. The predicted molar refractivity (Wildman–Crippen MR) is 96.8 cm³/mol. The number of esters is 1. The van der Waals surface area contributed by atoms with Crippen molar-refractivity contribution in [2.75, 3.05) is 7.11 Å². The zero-order valence-corrected chi connectivity index (χ0v) is 13.6. The minimum Gasteiger partial charge on any atom is -0.464 e. The molecule has 0 atom stereocenters. The standard InChI is InChI=1S/C21H19NO2/c1-3-14-22-19(17-12-8-5-9-13-17)15-18(20(22)21(23)24-2)16-10-6-4-7-11-16/h3-13,15H,1,14H2,2H3. The van der Waals surface area contributed by atoms with E-state index in [9.17, 15) is 4.79 Å². The number of hydrogen-bond acceptors (Lipinski definition) is 2. The summed E-state index contributed by atoms with van der Waals surface area (Å²) in [6.07, 6.45) is 1.79. The maximum atomic E-state index is 12.5. The van der Waals surface area contributed by atoms with Gasteiger partial charge in [-0.05, 0) is 17.2 Å². The number of allylic oxidation sites excluding steroid dienone is 1. The molecule has 0 saturated heterocycles. The van der Waals surface area contributed by atoms with Crippen molar-refractivity contribution in [1.29, 1.82) is 0 Å². The smallest absolute Gasteiger partial charge is 0.355 e. The van der Waals surface area contributed by atoms with Gasteiger partial charge < -0.3 is 9.30 Å². The van der Waals surface area contributed by atoms with Crippen LogP contribution < -0.4 is 0 Å². The molecule has 120 valence electrons. The van der Waals surface area contributed by atoms with Crippen molar-refractivity contribution < 1.29 is 9.53 Å². The highest BCUT2D eigenvalue weighted by molar-refractivity contribution is 5.98. The fourth-order valence-corrected chi connectivity index (χ4v) is 2.87. The van der Waals surface area contributed by atoms with Crippen molar-refractivity contribution in [2.24, 2.45) is 0 Å². The zero-order valence-electron chi connectivity index (χ0n) is 13.6. The molecule has 0 aliphatic rings. The van der Waals surface area contributed by atoms with E-state index in [0.29, 0.717) is 12.2 Å². The highest BCUT2D eigenvalue weighted by Gasteiger charge is 2.22. The molecule has 0 unspecified atom stereocenters. The fraction of sp³-hybridized carbons (Fsp3) is 0.0952. The third-order valence-electron chi connectivity index (χ3n) is 3.94. The van der Waals surface area contributed by atoms with Gasteiger partial charge in [0.15, 0.2) is 0 Å². The van der Waals surface area contributed by atoms with Gasteiger partial charge in [-0.2, -0.15) is 0 Å². The van der Waals surface area contributed by atoms with Crippen LogP contribution in [0, 0.1) is 0 Å². The van der Waals surface area contributed by atoms with E-state index >= 15 is 0 Å². The molecule has 0 N–H and O–H groups in total. The molecule has 1 aromatic heterocycles. The van der Waals surface area contributed by atoms with Crippen LogP contribution in [0.3, 0.4) is 0 Å². The first-order chi connectivity index (χ1) is 11.8. The number of methoxy groups -OCH3 is 1. The Labute approximate surface area is 141 Å². The second-order valence-corrected chi connectivity index (χ2v) is 5.41. The van der Waals surface area contributed by atoms with Crippen LogP contribution in [0.2, 0.25) is 0 Å². The molecule has 0 amide bonds. The average molecular weight is 317 g/mol. The quantitative estimate of drug-likeness (QED) is 0.500. The van der Waals surface area contributed by atoms with Gasteiger partial charge in [0.2, 0.25) is 0 Å². The van der Waals surface area contributed by atoms with E-state index in [2.05, 4.69) is 6.58 Å². The van der Waals surface area contributed by atoms with Gasteiger partial charge >= 0.3 is 5.97 Å². The second kappa shape index (κ2) is 7.01. The molecule has 1 heterocycles. The third-order valence-corrected chi connectivity index (χ3v) is 3.94. The molecule has 0 bridgehead atoms. The van der Waals surface area contributed by atoms with Crippen molar-refractivity contribution in [3.8, 4) is 22.4 Å². The Hall–Kier alpha value is -3.07. The largest absolute Gasteiger partial charge is 0.464 e. The van der Waals surface area contributed by atoms with Gasteiger partial charge in [-0.3, -0.25) is 0 Å². The molecule has 3 aromatic rings. The Balaban J connectivity index is 2.29. The van der Waals surface area contributed by atoms with Crippen LogP contribution in [0.25, 0.3) is 22.4 Å². The number of carbonyl (C=O) groups is 1. The average Bonchev–Trinajstić information content (AvgIpc) is 3.02. The van der Waals surface area contributed by atoms with Gasteiger partial charge in [0, 0.05) is 17.8 Å². The Morgan fingerprint density at radius 1 is 1.04 bits per heavy atom. The highest BCUT2D eigenvalue weighted by atomic mass is 16.5. The van der Waals surface area contributed by atoms with Gasteiger partial charge in [-0.25, -0.2) is 4.79 Å². The number of benzene rings is 2. The molecule has 0 saturated carbocycles. The lowest BCUT2D eigenvalue weighted by atomic mass is 10.0.